The molecule has 0 amide bonds. The minimum atomic E-state index is -0.937. The lowest BCUT2D eigenvalue weighted by molar-refractivity contribution is 0.350. The van der Waals surface area contributed by atoms with Gasteiger partial charge >= 0.3 is 0 Å². The molecule has 2 rings (SSSR count). The van der Waals surface area contributed by atoms with Crippen LogP contribution in [0.4, 0.5) is 4.39 Å². The van der Waals surface area contributed by atoms with Crippen LogP contribution in [-0.4, -0.2) is 9.96 Å². The molecule has 3 heteroatoms. The van der Waals surface area contributed by atoms with Gasteiger partial charge in [0.1, 0.15) is 5.82 Å². The van der Waals surface area contributed by atoms with Crippen LogP contribution in [0, 0.1) is 11.7 Å². The molecular formula is C11H13FOS. The number of benzene rings is 1. The van der Waals surface area contributed by atoms with Crippen LogP contribution in [0.1, 0.15) is 19.3 Å². The molecule has 76 valence electrons. The molecule has 1 aromatic rings. The Balaban J connectivity index is 1.99. The third kappa shape index (κ3) is 2.21. The van der Waals surface area contributed by atoms with Gasteiger partial charge in [-0.15, -0.1) is 0 Å². The van der Waals surface area contributed by atoms with E-state index in [1.807, 2.05) is 0 Å². The Hall–Kier alpha value is -0.700. The van der Waals surface area contributed by atoms with Gasteiger partial charge in [0.05, 0.1) is 10.8 Å². The van der Waals surface area contributed by atoms with E-state index in [1.54, 1.807) is 12.1 Å². The Morgan fingerprint density at radius 1 is 1.29 bits per heavy atom. The third-order valence-electron chi connectivity index (χ3n) is 2.69. The second-order valence-electron chi connectivity index (χ2n) is 3.76. The van der Waals surface area contributed by atoms with Gasteiger partial charge in [0, 0.05) is 10.6 Å². The van der Waals surface area contributed by atoms with E-state index in [2.05, 4.69) is 0 Å². The summed E-state index contributed by atoms with van der Waals surface area (Å²) < 4.78 is 24.3. The van der Waals surface area contributed by atoms with Gasteiger partial charge in [-0.25, -0.2) is 4.39 Å². The summed E-state index contributed by atoms with van der Waals surface area (Å²) in [6, 6.07) is 5.97. The average molecular weight is 212 g/mol. The molecule has 0 saturated heterocycles. The smallest absolute Gasteiger partial charge is 0.123 e. The zero-order valence-corrected chi connectivity index (χ0v) is 8.73. The summed E-state index contributed by atoms with van der Waals surface area (Å²) in [5, 5.41) is 0. The summed E-state index contributed by atoms with van der Waals surface area (Å²) in [6.45, 7) is 0. The van der Waals surface area contributed by atoms with Crippen molar-refractivity contribution in [3.05, 3.63) is 30.1 Å². The molecule has 0 aromatic heterocycles. The van der Waals surface area contributed by atoms with Gasteiger partial charge < -0.3 is 0 Å². The molecule has 1 nitrogen and oxygen atoms in total. The fraction of sp³-hybridized carbons (Fsp3) is 0.455. The molecule has 1 aliphatic carbocycles. The summed E-state index contributed by atoms with van der Waals surface area (Å²) >= 11 is 0. The molecule has 0 aliphatic heterocycles. The number of hydrogen-bond donors (Lipinski definition) is 0. The number of hydrogen-bond acceptors (Lipinski definition) is 1. The summed E-state index contributed by atoms with van der Waals surface area (Å²) in [5.74, 6) is 1.10. The van der Waals surface area contributed by atoms with Crippen molar-refractivity contribution < 1.29 is 8.60 Å². The fourth-order valence-electron chi connectivity index (χ4n) is 1.56. The van der Waals surface area contributed by atoms with Crippen molar-refractivity contribution in [1.29, 1.82) is 0 Å². The largest absolute Gasteiger partial charge is 0.254 e. The number of halogens is 1. The Morgan fingerprint density at radius 3 is 2.43 bits per heavy atom. The number of rotatable bonds is 3. The molecule has 1 aromatic carbocycles. The predicted molar refractivity (Wildman–Crippen MR) is 55.0 cm³/mol. The van der Waals surface area contributed by atoms with Gasteiger partial charge in [0.25, 0.3) is 0 Å². The van der Waals surface area contributed by atoms with Gasteiger partial charge in [-0.05, 0) is 43.0 Å². The van der Waals surface area contributed by atoms with E-state index in [0.29, 0.717) is 5.92 Å². The first-order chi connectivity index (χ1) is 6.75. The van der Waals surface area contributed by atoms with Crippen LogP contribution in [0.25, 0.3) is 0 Å². The average Bonchev–Trinajstić information content (AvgIpc) is 2.12. The SMILES string of the molecule is O=S(CC1CCC1)c1ccc(F)cc1. The predicted octanol–water partition coefficient (Wildman–Crippen LogP) is 2.73. The van der Waals surface area contributed by atoms with E-state index >= 15 is 0 Å². The molecule has 1 atom stereocenters. The zero-order chi connectivity index (χ0) is 9.97. The Morgan fingerprint density at radius 2 is 1.93 bits per heavy atom. The summed E-state index contributed by atoms with van der Waals surface area (Å²) in [6.07, 6.45) is 3.67. The highest BCUT2D eigenvalue weighted by Crippen LogP contribution is 2.28. The van der Waals surface area contributed by atoms with Gasteiger partial charge in [0.15, 0.2) is 0 Å². The maximum Gasteiger partial charge on any atom is 0.123 e. The molecule has 1 unspecified atom stereocenters. The van der Waals surface area contributed by atoms with Gasteiger partial charge in [0.2, 0.25) is 0 Å². The Kier molecular flexibility index (Phi) is 2.96. The van der Waals surface area contributed by atoms with Crippen molar-refractivity contribution in [2.24, 2.45) is 5.92 Å². The van der Waals surface area contributed by atoms with Crippen molar-refractivity contribution in [1.82, 2.24) is 0 Å². The first kappa shape index (κ1) is 9.84. The molecule has 0 spiro atoms. The zero-order valence-electron chi connectivity index (χ0n) is 7.91. The van der Waals surface area contributed by atoms with Crippen LogP contribution in [0.2, 0.25) is 0 Å². The van der Waals surface area contributed by atoms with E-state index in [1.165, 1.54) is 31.4 Å². The molecule has 1 fully saturated rings. The summed E-state index contributed by atoms with van der Waals surface area (Å²) in [5.41, 5.74) is 0. The fourth-order valence-corrected chi connectivity index (χ4v) is 2.95. The summed E-state index contributed by atoms with van der Waals surface area (Å²) in [7, 11) is -0.937. The first-order valence-corrected chi connectivity index (χ1v) is 6.21. The van der Waals surface area contributed by atoms with Crippen LogP contribution in [0.3, 0.4) is 0 Å². The molecule has 14 heavy (non-hydrogen) atoms. The highest BCUT2D eigenvalue weighted by Gasteiger charge is 2.20. The standard InChI is InChI=1S/C11H13FOS/c12-10-4-6-11(7-5-10)14(13)8-9-2-1-3-9/h4-7,9H,1-3,8H2. The van der Waals surface area contributed by atoms with Crippen molar-refractivity contribution in [3.8, 4) is 0 Å². The van der Waals surface area contributed by atoms with Gasteiger partial charge in [-0.1, -0.05) is 6.42 Å². The minimum absolute atomic E-state index is 0.269. The normalized spacial score (nSPS) is 18.9. The Labute approximate surface area is 85.8 Å². The molecular weight excluding hydrogens is 199 g/mol. The van der Waals surface area contributed by atoms with Crippen molar-refractivity contribution >= 4 is 10.8 Å². The van der Waals surface area contributed by atoms with Crippen LogP contribution in [0.5, 0.6) is 0 Å². The third-order valence-corrected chi connectivity index (χ3v) is 4.26. The van der Waals surface area contributed by atoms with E-state index < -0.39 is 10.8 Å². The first-order valence-electron chi connectivity index (χ1n) is 4.89. The van der Waals surface area contributed by atoms with E-state index in [-0.39, 0.29) is 5.82 Å². The highest BCUT2D eigenvalue weighted by molar-refractivity contribution is 7.85. The lowest BCUT2D eigenvalue weighted by Gasteiger charge is -2.24. The molecule has 0 heterocycles. The molecule has 1 saturated carbocycles. The van der Waals surface area contributed by atoms with Crippen LogP contribution < -0.4 is 0 Å². The topological polar surface area (TPSA) is 17.1 Å². The Bertz CT molecular complexity index is 330. The van der Waals surface area contributed by atoms with Crippen molar-refractivity contribution in [3.63, 3.8) is 0 Å². The molecule has 0 bridgehead atoms. The molecule has 0 radical (unpaired) electrons. The van der Waals surface area contributed by atoms with E-state index in [0.717, 1.165) is 10.6 Å². The van der Waals surface area contributed by atoms with Crippen molar-refractivity contribution in [2.75, 3.05) is 5.75 Å². The lowest BCUT2D eigenvalue weighted by Crippen LogP contribution is -2.18. The highest BCUT2D eigenvalue weighted by atomic mass is 32.2. The second kappa shape index (κ2) is 4.22. The maximum atomic E-state index is 12.6. The lowest BCUT2D eigenvalue weighted by atomic mass is 9.87. The van der Waals surface area contributed by atoms with Gasteiger partial charge in [-0.3, -0.25) is 4.21 Å². The van der Waals surface area contributed by atoms with E-state index in [4.69, 9.17) is 0 Å². The van der Waals surface area contributed by atoms with E-state index in [9.17, 15) is 8.60 Å². The van der Waals surface area contributed by atoms with Crippen LogP contribution in [-0.2, 0) is 10.8 Å². The van der Waals surface area contributed by atoms with Crippen LogP contribution in [0.15, 0.2) is 29.2 Å². The summed E-state index contributed by atoms with van der Waals surface area (Å²) in [4.78, 5) is 0.748. The monoisotopic (exact) mass is 212 g/mol. The van der Waals surface area contributed by atoms with Crippen LogP contribution >= 0.6 is 0 Å². The molecule has 0 N–H and O–H groups in total. The second-order valence-corrected chi connectivity index (χ2v) is 5.26. The quantitative estimate of drug-likeness (QED) is 0.753. The van der Waals surface area contributed by atoms with Crippen molar-refractivity contribution in [2.45, 2.75) is 24.2 Å². The maximum absolute atomic E-state index is 12.6. The van der Waals surface area contributed by atoms with Gasteiger partial charge in [-0.2, -0.15) is 0 Å². The molecule has 1 aliphatic rings. The minimum Gasteiger partial charge on any atom is -0.254 e.